The summed E-state index contributed by atoms with van der Waals surface area (Å²) in [7, 11) is 0. The predicted octanol–water partition coefficient (Wildman–Crippen LogP) is 0.176. The van der Waals surface area contributed by atoms with Gasteiger partial charge in [0.2, 0.25) is 0 Å². The minimum absolute atomic E-state index is 0.00940. The van der Waals surface area contributed by atoms with Crippen LogP contribution in [0.3, 0.4) is 0 Å². The molecule has 1 aromatic heterocycles. The topological polar surface area (TPSA) is 52.0 Å². The number of nitrogens with zero attached hydrogens (tertiary/aromatic N) is 3. The van der Waals surface area contributed by atoms with Crippen LogP contribution in [-0.4, -0.2) is 33.5 Å². The van der Waals surface area contributed by atoms with Crippen LogP contribution in [0.1, 0.15) is 19.7 Å². The largest absolute Gasteiger partial charge is 0.365 e. The molecule has 0 aromatic carbocycles. The summed E-state index contributed by atoms with van der Waals surface area (Å²) in [5.41, 5.74) is -0.00940. The van der Waals surface area contributed by atoms with Crippen LogP contribution in [0.25, 0.3) is 0 Å². The monoisotopic (exact) mass is 196 g/mol. The van der Waals surface area contributed by atoms with Crippen molar-refractivity contribution < 1.29 is 4.74 Å². The zero-order valence-electron chi connectivity index (χ0n) is 8.66. The van der Waals surface area contributed by atoms with E-state index >= 15 is 0 Å². The van der Waals surface area contributed by atoms with Crippen molar-refractivity contribution in [1.29, 1.82) is 0 Å². The molecule has 5 heteroatoms. The fourth-order valence-electron chi connectivity index (χ4n) is 1.48. The Morgan fingerprint density at radius 2 is 2.43 bits per heavy atom. The van der Waals surface area contributed by atoms with E-state index in [1.807, 2.05) is 11.6 Å². The Balaban J connectivity index is 1.91. The second-order valence-electron chi connectivity index (χ2n) is 3.83. The highest BCUT2D eigenvalue weighted by atomic mass is 16.5. The molecule has 0 atom stereocenters. The van der Waals surface area contributed by atoms with Gasteiger partial charge >= 0.3 is 0 Å². The molecule has 1 aromatic rings. The summed E-state index contributed by atoms with van der Waals surface area (Å²) in [5, 5.41) is 7.28. The zero-order valence-corrected chi connectivity index (χ0v) is 8.66. The number of ether oxygens (including phenoxy) is 1. The second-order valence-corrected chi connectivity index (χ2v) is 3.83. The summed E-state index contributed by atoms with van der Waals surface area (Å²) in [4.78, 5) is 4.15. The van der Waals surface area contributed by atoms with Crippen molar-refractivity contribution in [3.05, 3.63) is 12.2 Å². The molecule has 0 spiro atoms. The molecule has 2 rings (SSSR count). The van der Waals surface area contributed by atoms with Crippen LogP contribution < -0.4 is 5.32 Å². The third-order valence-corrected chi connectivity index (χ3v) is 2.54. The normalized spacial score (nSPS) is 19.3. The van der Waals surface area contributed by atoms with E-state index in [1.165, 1.54) is 0 Å². The molecular formula is C9H16N4O. The Labute approximate surface area is 83.5 Å². The van der Waals surface area contributed by atoms with E-state index in [9.17, 15) is 0 Å². The number of aromatic nitrogens is 3. The maximum absolute atomic E-state index is 5.77. The average Bonchev–Trinajstić information content (AvgIpc) is 2.58. The summed E-state index contributed by atoms with van der Waals surface area (Å²) in [5.74, 6) is 0.903. The molecule has 1 saturated heterocycles. The Kier molecular flexibility index (Phi) is 2.52. The van der Waals surface area contributed by atoms with Crippen molar-refractivity contribution in [2.75, 3.05) is 13.1 Å². The Hall–Kier alpha value is -0.940. The Morgan fingerprint density at radius 1 is 1.64 bits per heavy atom. The predicted molar refractivity (Wildman–Crippen MR) is 51.8 cm³/mol. The van der Waals surface area contributed by atoms with Crippen molar-refractivity contribution in [2.45, 2.75) is 32.6 Å². The maximum atomic E-state index is 5.77. The van der Waals surface area contributed by atoms with Crippen LogP contribution in [0.5, 0.6) is 0 Å². The molecular weight excluding hydrogens is 180 g/mol. The molecule has 1 aliphatic heterocycles. The summed E-state index contributed by atoms with van der Waals surface area (Å²) in [6.07, 6.45) is 1.57. The molecule has 0 unspecified atom stereocenters. The van der Waals surface area contributed by atoms with E-state index < -0.39 is 0 Å². The number of aryl methyl sites for hydroxylation is 1. The quantitative estimate of drug-likeness (QED) is 0.746. The van der Waals surface area contributed by atoms with E-state index in [0.29, 0.717) is 6.61 Å². The smallest absolute Gasteiger partial charge is 0.152 e. The second kappa shape index (κ2) is 3.67. The van der Waals surface area contributed by atoms with Gasteiger partial charge in [-0.05, 0) is 13.8 Å². The van der Waals surface area contributed by atoms with Crippen LogP contribution in [0.15, 0.2) is 6.33 Å². The third kappa shape index (κ3) is 1.78. The minimum atomic E-state index is -0.00940. The Morgan fingerprint density at radius 3 is 3.00 bits per heavy atom. The van der Waals surface area contributed by atoms with E-state index in [4.69, 9.17) is 4.74 Å². The summed E-state index contributed by atoms with van der Waals surface area (Å²) in [6, 6.07) is 0. The standard InChI is InChI=1S/C9H16N4O/c1-3-13-8(11-7-12-13)4-14-9(2)5-10-6-9/h7,10H,3-6H2,1-2H3. The van der Waals surface area contributed by atoms with E-state index in [1.54, 1.807) is 6.33 Å². The van der Waals surface area contributed by atoms with Gasteiger partial charge in [0, 0.05) is 19.6 Å². The lowest BCUT2D eigenvalue weighted by molar-refractivity contribution is -0.0799. The van der Waals surface area contributed by atoms with Crippen molar-refractivity contribution >= 4 is 0 Å². The molecule has 1 N–H and O–H groups in total. The van der Waals surface area contributed by atoms with Crippen LogP contribution in [0, 0.1) is 0 Å². The highest BCUT2D eigenvalue weighted by Gasteiger charge is 2.32. The first-order valence-corrected chi connectivity index (χ1v) is 4.95. The first kappa shape index (κ1) is 9.61. The molecule has 14 heavy (non-hydrogen) atoms. The number of nitrogens with one attached hydrogen (secondary N) is 1. The van der Waals surface area contributed by atoms with Gasteiger partial charge in [0.1, 0.15) is 12.9 Å². The van der Waals surface area contributed by atoms with Gasteiger partial charge in [-0.25, -0.2) is 9.67 Å². The van der Waals surface area contributed by atoms with Crippen molar-refractivity contribution in [2.24, 2.45) is 0 Å². The van der Waals surface area contributed by atoms with Gasteiger partial charge in [-0.3, -0.25) is 0 Å². The van der Waals surface area contributed by atoms with Crippen LogP contribution in [-0.2, 0) is 17.9 Å². The van der Waals surface area contributed by atoms with Gasteiger partial charge in [0.15, 0.2) is 5.82 Å². The molecule has 2 heterocycles. The first-order valence-electron chi connectivity index (χ1n) is 4.95. The van der Waals surface area contributed by atoms with E-state index in [2.05, 4.69) is 22.3 Å². The molecule has 5 nitrogen and oxygen atoms in total. The number of hydrogen-bond acceptors (Lipinski definition) is 4. The minimum Gasteiger partial charge on any atom is -0.365 e. The van der Waals surface area contributed by atoms with Crippen molar-refractivity contribution in [3.63, 3.8) is 0 Å². The third-order valence-electron chi connectivity index (χ3n) is 2.54. The SMILES string of the molecule is CCn1ncnc1COC1(C)CNC1. The van der Waals surface area contributed by atoms with Gasteiger partial charge < -0.3 is 10.1 Å². The lowest BCUT2D eigenvalue weighted by Gasteiger charge is -2.38. The zero-order chi connectivity index (χ0) is 10.0. The molecule has 78 valence electrons. The van der Waals surface area contributed by atoms with Gasteiger partial charge in [0.25, 0.3) is 0 Å². The maximum Gasteiger partial charge on any atom is 0.152 e. The first-order chi connectivity index (χ1) is 6.73. The fourth-order valence-corrected chi connectivity index (χ4v) is 1.48. The molecule has 0 amide bonds. The molecule has 0 radical (unpaired) electrons. The Bertz CT molecular complexity index is 306. The molecule has 0 aliphatic carbocycles. The molecule has 0 bridgehead atoms. The van der Waals surface area contributed by atoms with Crippen molar-refractivity contribution in [3.8, 4) is 0 Å². The van der Waals surface area contributed by atoms with Gasteiger partial charge in [-0.1, -0.05) is 0 Å². The highest BCUT2D eigenvalue weighted by molar-refractivity contribution is 4.91. The number of rotatable bonds is 4. The average molecular weight is 196 g/mol. The van der Waals surface area contributed by atoms with Gasteiger partial charge in [-0.2, -0.15) is 5.10 Å². The fraction of sp³-hybridized carbons (Fsp3) is 0.778. The summed E-state index contributed by atoms with van der Waals surface area (Å²) in [6.45, 7) is 7.39. The van der Waals surface area contributed by atoms with Crippen LogP contribution in [0.4, 0.5) is 0 Å². The molecule has 0 saturated carbocycles. The number of hydrogen-bond donors (Lipinski definition) is 1. The lowest BCUT2D eigenvalue weighted by atomic mass is 10.0. The summed E-state index contributed by atoms with van der Waals surface area (Å²) >= 11 is 0. The summed E-state index contributed by atoms with van der Waals surface area (Å²) < 4.78 is 7.62. The lowest BCUT2D eigenvalue weighted by Crippen LogP contribution is -2.58. The molecule has 1 fully saturated rings. The highest BCUT2D eigenvalue weighted by Crippen LogP contribution is 2.16. The van der Waals surface area contributed by atoms with Crippen LogP contribution >= 0.6 is 0 Å². The van der Waals surface area contributed by atoms with E-state index in [0.717, 1.165) is 25.5 Å². The van der Waals surface area contributed by atoms with Crippen molar-refractivity contribution in [1.82, 2.24) is 20.1 Å². The van der Waals surface area contributed by atoms with Crippen LogP contribution in [0.2, 0.25) is 0 Å². The van der Waals surface area contributed by atoms with E-state index in [-0.39, 0.29) is 5.60 Å². The van der Waals surface area contributed by atoms with Gasteiger partial charge in [-0.15, -0.1) is 0 Å². The molecule has 1 aliphatic rings. The van der Waals surface area contributed by atoms with Gasteiger partial charge in [0.05, 0.1) is 5.60 Å².